The summed E-state index contributed by atoms with van der Waals surface area (Å²) < 4.78 is 24.4. The Morgan fingerprint density at radius 1 is 1.20 bits per heavy atom. The van der Waals surface area contributed by atoms with Crippen molar-refractivity contribution in [3.8, 4) is 0 Å². The molecule has 2 fully saturated rings. The summed E-state index contributed by atoms with van der Waals surface area (Å²) in [5, 5.41) is 2.95. The van der Waals surface area contributed by atoms with E-state index in [0.717, 1.165) is 23.8 Å². The molecule has 3 rings (SSSR count). The molecule has 0 aliphatic heterocycles. The summed E-state index contributed by atoms with van der Waals surface area (Å²) in [5.74, 6) is 1.43. The van der Waals surface area contributed by atoms with E-state index in [1.165, 1.54) is 25.7 Å². The molecule has 1 N–H and O–H groups in total. The molecule has 2 aliphatic rings. The molecule has 25 heavy (non-hydrogen) atoms. The number of fused-ring (bicyclic) bond motifs is 2. The van der Waals surface area contributed by atoms with Crippen LogP contribution in [-0.4, -0.2) is 31.9 Å². The number of rotatable bonds is 8. The molecule has 1 amide bonds. The Balaban J connectivity index is 1.41. The second-order valence-electron chi connectivity index (χ2n) is 7.88. The number of sulfone groups is 1. The van der Waals surface area contributed by atoms with Gasteiger partial charge in [0.2, 0.25) is 5.91 Å². The van der Waals surface area contributed by atoms with Gasteiger partial charge < -0.3 is 5.32 Å². The fourth-order valence-corrected chi connectivity index (χ4v) is 5.93. The first-order chi connectivity index (χ1) is 11.9. The Kier molecular flexibility index (Phi) is 5.82. The summed E-state index contributed by atoms with van der Waals surface area (Å²) in [5.41, 5.74) is 1.13. The first-order valence-corrected chi connectivity index (χ1v) is 11.3. The largest absolute Gasteiger partial charge is 0.352 e. The number of amides is 1. The summed E-state index contributed by atoms with van der Waals surface area (Å²) in [7, 11) is -3.34. The van der Waals surface area contributed by atoms with Gasteiger partial charge in [-0.2, -0.15) is 0 Å². The lowest BCUT2D eigenvalue weighted by molar-refractivity contribution is -0.119. The van der Waals surface area contributed by atoms with Crippen LogP contribution in [0, 0.1) is 17.8 Å². The van der Waals surface area contributed by atoms with E-state index in [4.69, 9.17) is 0 Å². The third-order valence-electron chi connectivity index (χ3n) is 5.94. The van der Waals surface area contributed by atoms with E-state index in [0.29, 0.717) is 12.3 Å². The molecule has 0 heterocycles. The first kappa shape index (κ1) is 18.4. The Hall–Kier alpha value is -1.36. The van der Waals surface area contributed by atoms with Crippen molar-refractivity contribution in [3.63, 3.8) is 0 Å². The van der Waals surface area contributed by atoms with E-state index in [2.05, 4.69) is 5.32 Å². The van der Waals surface area contributed by atoms with Crippen molar-refractivity contribution in [3.05, 3.63) is 35.9 Å². The predicted octanol–water partition coefficient (Wildman–Crippen LogP) is 2.97. The van der Waals surface area contributed by atoms with Crippen LogP contribution >= 0.6 is 0 Å². The average molecular weight is 364 g/mol. The van der Waals surface area contributed by atoms with Gasteiger partial charge in [-0.05, 0) is 62.3 Å². The highest BCUT2D eigenvalue weighted by Crippen LogP contribution is 2.49. The van der Waals surface area contributed by atoms with Crippen LogP contribution in [0.25, 0.3) is 0 Å². The smallest absolute Gasteiger partial charge is 0.235 e. The molecule has 2 bridgehead atoms. The van der Waals surface area contributed by atoms with Gasteiger partial charge in [-0.3, -0.25) is 4.79 Å². The molecule has 2 saturated carbocycles. The van der Waals surface area contributed by atoms with Gasteiger partial charge in [0.15, 0.2) is 9.84 Å². The van der Waals surface area contributed by atoms with Crippen LogP contribution in [-0.2, 0) is 21.1 Å². The lowest BCUT2D eigenvalue weighted by Crippen LogP contribution is -2.42. The predicted molar refractivity (Wildman–Crippen MR) is 100.0 cm³/mol. The molecule has 4 unspecified atom stereocenters. The molecule has 0 saturated heterocycles. The van der Waals surface area contributed by atoms with Gasteiger partial charge >= 0.3 is 0 Å². The van der Waals surface area contributed by atoms with E-state index in [1.807, 2.05) is 37.3 Å². The number of hydrogen-bond acceptors (Lipinski definition) is 3. The highest BCUT2D eigenvalue weighted by Gasteiger charge is 2.42. The molecular formula is C20H29NO3S. The number of carbonyl (C=O) groups excluding carboxylic acids is 1. The number of carbonyl (C=O) groups is 1. The Bertz CT molecular complexity index is 686. The zero-order valence-electron chi connectivity index (χ0n) is 15.0. The van der Waals surface area contributed by atoms with Crippen molar-refractivity contribution in [1.82, 2.24) is 5.32 Å². The van der Waals surface area contributed by atoms with E-state index in [1.54, 1.807) is 0 Å². The summed E-state index contributed by atoms with van der Waals surface area (Å²) in [6.07, 6.45) is 6.37. The summed E-state index contributed by atoms with van der Waals surface area (Å²) in [4.78, 5) is 12.2. The molecule has 0 aromatic heterocycles. The summed E-state index contributed by atoms with van der Waals surface area (Å²) >= 11 is 0. The lowest BCUT2D eigenvalue weighted by atomic mass is 9.84. The van der Waals surface area contributed by atoms with Crippen molar-refractivity contribution in [2.75, 3.05) is 11.5 Å². The fourth-order valence-electron chi connectivity index (χ4n) is 4.72. The Morgan fingerprint density at radius 3 is 2.60 bits per heavy atom. The molecule has 0 radical (unpaired) electrons. The third kappa shape index (κ3) is 5.06. The maximum atomic E-state index is 12.2. The standard InChI is InChI=1S/C20H29NO3S/c1-15(19-13-17-9-10-18(19)12-17)21-20(22)14-25(23,24)11-5-8-16-6-3-2-4-7-16/h2-4,6-7,15,17-19H,5,8-14H2,1H3,(H,21,22). The van der Waals surface area contributed by atoms with Gasteiger partial charge in [0.05, 0.1) is 5.75 Å². The molecule has 4 atom stereocenters. The van der Waals surface area contributed by atoms with Gasteiger partial charge in [0, 0.05) is 6.04 Å². The SMILES string of the molecule is CC(NC(=O)CS(=O)(=O)CCCc1ccccc1)C1CC2CCC1C2. The minimum absolute atomic E-state index is 0.0673. The molecule has 5 heteroatoms. The zero-order valence-corrected chi connectivity index (χ0v) is 15.8. The molecule has 1 aromatic carbocycles. The molecule has 2 aliphatic carbocycles. The molecule has 4 nitrogen and oxygen atoms in total. The molecule has 1 aromatic rings. The normalized spacial score (nSPS) is 26.5. The second-order valence-corrected chi connectivity index (χ2v) is 10.1. The average Bonchev–Trinajstić information content (AvgIpc) is 3.18. The summed E-state index contributed by atoms with van der Waals surface area (Å²) in [6, 6.07) is 9.93. The molecule has 0 spiro atoms. The van der Waals surface area contributed by atoms with Crippen LogP contribution in [0.5, 0.6) is 0 Å². The van der Waals surface area contributed by atoms with Crippen molar-refractivity contribution in [1.29, 1.82) is 0 Å². The van der Waals surface area contributed by atoms with E-state index < -0.39 is 9.84 Å². The van der Waals surface area contributed by atoms with Crippen molar-refractivity contribution in [2.24, 2.45) is 17.8 Å². The van der Waals surface area contributed by atoms with Crippen molar-refractivity contribution < 1.29 is 13.2 Å². The minimum atomic E-state index is -3.34. The Labute approximate surface area is 151 Å². The highest BCUT2D eigenvalue weighted by atomic mass is 32.2. The quantitative estimate of drug-likeness (QED) is 0.772. The number of aryl methyl sites for hydroxylation is 1. The third-order valence-corrected chi connectivity index (χ3v) is 7.55. The van der Waals surface area contributed by atoms with Crippen LogP contribution in [0.3, 0.4) is 0 Å². The summed E-state index contributed by atoms with van der Waals surface area (Å²) in [6.45, 7) is 2.03. The molecular weight excluding hydrogens is 334 g/mol. The second kappa shape index (κ2) is 7.90. The van der Waals surface area contributed by atoms with Crippen LogP contribution in [0.2, 0.25) is 0 Å². The van der Waals surface area contributed by atoms with Gasteiger partial charge in [0.1, 0.15) is 5.75 Å². The fraction of sp³-hybridized carbons (Fsp3) is 0.650. The van der Waals surface area contributed by atoms with Crippen molar-refractivity contribution in [2.45, 2.75) is 51.5 Å². The number of benzene rings is 1. The van der Waals surface area contributed by atoms with Gasteiger partial charge in [-0.25, -0.2) is 8.42 Å². The van der Waals surface area contributed by atoms with Gasteiger partial charge in [-0.15, -0.1) is 0 Å². The zero-order chi connectivity index (χ0) is 17.9. The Morgan fingerprint density at radius 2 is 1.96 bits per heavy atom. The lowest BCUT2D eigenvalue weighted by Gasteiger charge is -2.28. The van der Waals surface area contributed by atoms with Crippen molar-refractivity contribution >= 4 is 15.7 Å². The number of hydrogen-bond donors (Lipinski definition) is 1. The van der Waals surface area contributed by atoms with E-state index in [-0.39, 0.29) is 23.5 Å². The van der Waals surface area contributed by atoms with E-state index >= 15 is 0 Å². The van der Waals surface area contributed by atoms with Crippen LogP contribution in [0.4, 0.5) is 0 Å². The van der Waals surface area contributed by atoms with E-state index in [9.17, 15) is 13.2 Å². The number of nitrogens with one attached hydrogen (secondary N) is 1. The topological polar surface area (TPSA) is 63.2 Å². The first-order valence-electron chi connectivity index (χ1n) is 9.46. The maximum absolute atomic E-state index is 12.2. The van der Waals surface area contributed by atoms with Crippen LogP contribution in [0.1, 0.15) is 44.6 Å². The highest BCUT2D eigenvalue weighted by molar-refractivity contribution is 7.92. The van der Waals surface area contributed by atoms with Crippen LogP contribution in [0.15, 0.2) is 30.3 Å². The maximum Gasteiger partial charge on any atom is 0.235 e. The molecule has 138 valence electrons. The van der Waals surface area contributed by atoms with Crippen LogP contribution < -0.4 is 5.32 Å². The van der Waals surface area contributed by atoms with Gasteiger partial charge in [-0.1, -0.05) is 36.8 Å². The monoisotopic (exact) mass is 363 g/mol. The van der Waals surface area contributed by atoms with Gasteiger partial charge in [0.25, 0.3) is 0 Å². The minimum Gasteiger partial charge on any atom is -0.352 e.